The second-order valence-electron chi connectivity index (χ2n) is 4.98. The minimum atomic E-state index is -0.0563. The molecule has 2 radical (unpaired) electrons. The maximum atomic E-state index is 12.5. The standard InChI is InChI=1S/C15H19BN2O3/c1-3-21-14-10-12(4-5-13(14)16)15(20)18-8-6-17(7-9-18)11(2)19/h4-5,10H,3,6-9H2,1-2H3. The van der Waals surface area contributed by atoms with Crippen LogP contribution < -0.4 is 10.2 Å². The molecule has 6 heteroatoms. The number of nitrogens with zero attached hydrogens (tertiary/aromatic N) is 2. The van der Waals surface area contributed by atoms with Gasteiger partial charge in [0.2, 0.25) is 5.91 Å². The lowest BCUT2D eigenvalue weighted by Crippen LogP contribution is -2.50. The monoisotopic (exact) mass is 286 g/mol. The van der Waals surface area contributed by atoms with Gasteiger partial charge >= 0.3 is 0 Å². The molecular formula is C15H19BN2O3. The first-order valence-electron chi connectivity index (χ1n) is 7.10. The zero-order valence-corrected chi connectivity index (χ0v) is 12.5. The highest BCUT2D eigenvalue weighted by molar-refractivity contribution is 6.34. The summed E-state index contributed by atoms with van der Waals surface area (Å²) >= 11 is 0. The van der Waals surface area contributed by atoms with Gasteiger partial charge in [0.25, 0.3) is 5.91 Å². The minimum Gasteiger partial charge on any atom is -0.494 e. The summed E-state index contributed by atoms with van der Waals surface area (Å²) in [5.74, 6) is 0.526. The van der Waals surface area contributed by atoms with Crippen molar-refractivity contribution in [2.45, 2.75) is 13.8 Å². The van der Waals surface area contributed by atoms with E-state index in [4.69, 9.17) is 12.6 Å². The first kappa shape index (κ1) is 15.4. The molecule has 0 aromatic heterocycles. The lowest BCUT2D eigenvalue weighted by Gasteiger charge is -2.34. The van der Waals surface area contributed by atoms with E-state index in [-0.39, 0.29) is 11.8 Å². The first-order chi connectivity index (χ1) is 10.0. The van der Waals surface area contributed by atoms with Crippen molar-refractivity contribution in [2.24, 2.45) is 0 Å². The van der Waals surface area contributed by atoms with Crippen molar-refractivity contribution in [3.63, 3.8) is 0 Å². The van der Waals surface area contributed by atoms with Crippen molar-refractivity contribution < 1.29 is 14.3 Å². The number of hydrogen-bond acceptors (Lipinski definition) is 3. The third kappa shape index (κ3) is 3.57. The van der Waals surface area contributed by atoms with Crippen LogP contribution in [0.25, 0.3) is 0 Å². The summed E-state index contributed by atoms with van der Waals surface area (Å²) in [6.45, 7) is 6.17. The van der Waals surface area contributed by atoms with E-state index in [9.17, 15) is 9.59 Å². The van der Waals surface area contributed by atoms with Crippen LogP contribution in [0, 0.1) is 0 Å². The number of carbonyl (C=O) groups is 2. The Morgan fingerprint density at radius 2 is 1.81 bits per heavy atom. The fraction of sp³-hybridized carbons (Fsp3) is 0.467. The van der Waals surface area contributed by atoms with Crippen molar-refractivity contribution in [2.75, 3.05) is 32.8 Å². The van der Waals surface area contributed by atoms with Gasteiger partial charge in [-0.1, -0.05) is 11.5 Å². The largest absolute Gasteiger partial charge is 0.494 e. The molecule has 0 atom stereocenters. The summed E-state index contributed by atoms with van der Waals surface area (Å²) in [6.07, 6.45) is 0. The molecule has 5 nitrogen and oxygen atoms in total. The zero-order valence-electron chi connectivity index (χ0n) is 12.5. The normalized spacial score (nSPS) is 15.0. The van der Waals surface area contributed by atoms with E-state index in [0.717, 1.165) is 0 Å². The van der Waals surface area contributed by atoms with E-state index in [1.54, 1.807) is 34.9 Å². The fourth-order valence-electron chi connectivity index (χ4n) is 2.35. The van der Waals surface area contributed by atoms with E-state index < -0.39 is 0 Å². The lowest BCUT2D eigenvalue weighted by atomic mass is 9.93. The van der Waals surface area contributed by atoms with E-state index in [1.807, 2.05) is 6.92 Å². The summed E-state index contributed by atoms with van der Waals surface area (Å²) in [7, 11) is 5.81. The van der Waals surface area contributed by atoms with Crippen LogP contribution in [-0.4, -0.2) is 62.2 Å². The quantitative estimate of drug-likeness (QED) is 0.745. The average Bonchev–Trinajstić information content (AvgIpc) is 2.49. The number of amides is 2. The predicted molar refractivity (Wildman–Crippen MR) is 81.2 cm³/mol. The maximum absolute atomic E-state index is 12.5. The molecule has 2 amide bonds. The molecule has 21 heavy (non-hydrogen) atoms. The third-order valence-corrected chi connectivity index (χ3v) is 3.57. The molecule has 110 valence electrons. The molecule has 1 heterocycles. The Balaban J connectivity index is 2.07. The zero-order chi connectivity index (χ0) is 15.4. The molecule has 1 saturated heterocycles. The van der Waals surface area contributed by atoms with Crippen LogP contribution in [-0.2, 0) is 4.79 Å². The predicted octanol–water partition coefficient (Wildman–Crippen LogP) is 0.183. The minimum absolute atomic E-state index is 0.0493. The van der Waals surface area contributed by atoms with Crippen LogP contribution in [0.3, 0.4) is 0 Å². The highest BCUT2D eigenvalue weighted by Gasteiger charge is 2.23. The van der Waals surface area contributed by atoms with E-state index in [1.165, 1.54) is 0 Å². The third-order valence-electron chi connectivity index (χ3n) is 3.57. The van der Waals surface area contributed by atoms with Gasteiger partial charge in [0.1, 0.15) is 13.6 Å². The molecule has 1 fully saturated rings. The van der Waals surface area contributed by atoms with Gasteiger partial charge in [0, 0.05) is 38.7 Å². The number of ether oxygens (including phenoxy) is 1. The van der Waals surface area contributed by atoms with E-state index in [2.05, 4.69) is 0 Å². The van der Waals surface area contributed by atoms with Crippen molar-refractivity contribution in [3.8, 4) is 5.75 Å². The summed E-state index contributed by atoms with van der Waals surface area (Å²) < 4.78 is 5.41. The second-order valence-corrected chi connectivity index (χ2v) is 4.98. The highest BCUT2D eigenvalue weighted by atomic mass is 16.5. The summed E-state index contributed by atoms with van der Waals surface area (Å²) in [5, 5.41) is 0. The Hall–Kier alpha value is -1.98. The van der Waals surface area contributed by atoms with Gasteiger partial charge in [0.15, 0.2) is 0 Å². The highest BCUT2D eigenvalue weighted by Crippen LogP contribution is 2.14. The number of carbonyl (C=O) groups excluding carboxylic acids is 2. The lowest BCUT2D eigenvalue weighted by molar-refractivity contribution is -0.130. The molecule has 2 rings (SSSR count). The van der Waals surface area contributed by atoms with Crippen molar-refractivity contribution >= 4 is 25.1 Å². The van der Waals surface area contributed by atoms with Gasteiger partial charge in [-0.3, -0.25) is 9.59 Å². The Labute approximate surface area is 126 Å². The number of piperazine rings is 1. The number of hydrogen-bond donors (Lipinski definition) is 0. The van der Waals surface area contributed by atoms with Crippen LogP contribution in [0.1, 0.15) is 24.2 Å². The second kappa shape index (κ2) is 6.65. The van der Waals surface area contributed by atoms with Gasteiger partial charge in [-0.2, -0.15) is 0 Å². The van der Waals surface area contributed by atoms with Crippen LogP contribution in [0.15, 0.2) is 18.2 Å². The van der Waals surface area contributed by atoms with Crippen molar-refractivity contribution in [1.82, 2.24) is 9.80 Å². The van der Waals surface area contributed by atoms with Crippen LogP contribution in [0.2, 0.25) is 0 Å². The molecule has 0 N–H and O–H groups in total. The van der Waals surface area contributed by atoms with Gasteiger partial charge in [-0.05, 0) is 19.1 Å². The van der Waals surface area contributed by atoms with Gasteiger partial charge < -0.3 is 14.5 Å². The Kier molecular flexibility index (Phi) is 4.88. The smallest absolute Gasteiger partial charge is 0.254 e. The van der Waals surface area contributed by atoms with E-state index >= 15 is 0 Å². The summed E-state index contributed by atoms with van der Waals surface area (Å²) in [4.78, 5) is 27.3. The van der Waals surface area contributed by atoms with Crippen molar-refractivity contribution in [3.05, 3.63) is 23.8 Å². The molecule has 0 saturated carbocycles. The van der Waals surface area contributed by atoms with Gasteiger partial charge in [0.05, 0.1) is 6.61 Å². The van der Waals surface area contributed by atoms with Crippen LogP contribution >= 0.6 is 0 Å². The average molecular weight is 286 g/mol. The molecule has 0 aliphatic carbocycles. The van der Waals surface area contributed by atoms with Crippen LogP contribution in [0.5, 0.6) is 5.75 Å². The van der Waals surface area contributed by atoms with Gasteiger partial charge in [-0.15, -0.1) is 0 Å². The van der Waals surface area contributed by atoms with E-state index in [0.29, 0.717) is 49.6 Å². The molecule has 1 aliphatic rings. The molecule has 1 aromatic carbocycles. The number of rotatable bonds is 3. The topological polar surface area (TPSA) is 49.9 Å². The summed E-state index contributed by atoms with van der Waals surface area (Å²) in [6, 6.07) is 5.07. The molecule has 0 bridgehead atoms. The Bertz CT molecular complexity index is 540. The Morgan fingerprint density at radius 3 is 2.38 bits per heavy atom. The molecule has 1 aliphatic heterocycles. The van der Waals surface area contributed by atoms with Crippen molar-refractivity contribution in [1.29, 1.82) is 0 Å². The Morgan fingerprint density at radius 1 is 1.19 bits per heavy atom. The molecule has 0 spiro atoms. The maximum Gasteiger partial charge on any atom is 0.254 e. The number of benzene rings is 1. The van der Waals surface area contributed by atoms with Crippen LogP contribution in [0.4, 0.5) is 0 Å². The summed E-state index contributed by atoms with van der Waals surface area (Å²) in [5.41, 5.74) is 1.08. The molecular weight excluding hydrogens is 267 g/mol. The molecule has 0 unspecified atom stereocenters. The fourth-order valence-corrected chi connectivity index (χ4v) is 2.35. The first-order valence-corrected chi connectivity index (χ1v) is 7.10. The SMILES string of the molecule is [B]c1ccc(C(=O)N2CCN(C(C)=O)CC2)cc1OCC. The van der Waals surface area contributed by atoms with Gasteiger partial charge in [-0.25, -0.2) is 0 Å². The molecule has 1 aromatic rings.